The number of rotatable bonds is 6. The van der Waals surface area contributed by atoms with E-state index in [4.69, 9.17) is 0 Å². The highest BCUT2D eigenvalue weighted by Gasteiger charge is 2.12. The summed E-state index contributed by atoms with van der Waals surface area (Å²) >= 11 is 1.72. The van der Waals surface area contributed by atoms with Crippen LogP contribution in [-0.4, -0.2) is 24.5 Å². The molecule has 0 amide bonds. The Balaban J connectivity index is 1.85. The summed E-state index contributed by atoms with van der Waals surface area (Å²) in [5.74, 6) is 0.634. The van der Waals surface area contributed by atoms with Crippen LogP contribution in [0.3, 0.4) is 0 Å². The third-order valence-corrected chi connectivity index (χ3v) is 4.04. The van der Waals surface area contributed by atoms with Gasteiger partial charge in [-0.2, -0.15) is 0 Å². The van der Waals surface area contributed by atoms with E-state index in [1.54, 1.807) is 36.6 Å². The van der Waals surface area contributed by atoms with Gasteiger partial charge in [0.25, 0.3) is 5.69 Å². The number of benzene rings is 1. The molecule has 0 aliphatic rings. The Morgan fingerprint density at radius 3 is 2.77 bits per heavy atom. The highest BCUT2D eigenvalue weighted by molar-refractivity contribution is 7.09. The van der Waals surface area contributed by atoms with Crippen molar-refractivity contribution in [2.75, 3.05) is 13.6 Å². The van der Waals surface area contributed by atoms with Crippen LogP contribution in [0.1, 0.15) is 10.4 Å². The molecule has 0 radical (unpaired) electrons. The number of hydrogen-bond acceptors (Lipinski definition) is 4. The molecule has 1 aromatic heterocycles. The first-order valence-electron chi connectivity index (χ1n) is 6.90. The molecule has 0 saturated carbocycles. The lowest BCUT2D eigenvalue weighted by molar-refractivity contribution is -0.385. The molecule has 6 nitrogen and oxygen atoms in total. The maximum atomic E-state index is 11.0. The van der Waals surface area contributed by atoms with Gasteiger partial charge in [-0.25, -0.2) is 0 Å². The largest absolute Gasteiger partial charge is 0.356 e. The van der Waals surface area contributed by atoms with Crippen LogP contribution in [-0.2, 0) is 13.0 Å². The molecule has 2 aromatic rings. The molecule has 0 bridgehead atoms. The van der Waals surface area contributed by atoms with Crippen LogP contribution in [0.2, 0.25) is 0 Å². The van der Waals surface area contributed by atoms with Crippen LogP contribution in [0.4, 0.5) is 5.69 Å². The van der Waals surface area contributed by atoms with Crippen molar-refractivity contribution in [3.05, 3.63) is 62.3 Å². The quantitative estimate of drug-likeness (QED) is 0.371. The Kier molecular flexibility index (Phi) is 5.91. The molecule has 0 aliphatic heterocycles. The van der Waals surface area contributed by atoms with Crippen molar-refractivity contribution in [3.8, 4) is 0 Å². The van der Waals surface area contributed by atoms with Gasteiger partial charge in [-0.05, 0) is 17.9 Å². The minimum absolute atomic E-state index is 0.115. The minimum Gasteiger partial charge on any atom is -0.356 e. The second-order valence-corrected chi connectivity index (χ2v) is 5.60. The SMILES string of the molecule is CN=C(NCCc1cccs1)NCc1ccccc1[N+](=O)[O-]. The molecule has 1 aromatic carbocycles. The van der Waals surface area contributed by atoms with E-state index in [9.17, 15) is 10.1 Å². The molecule has 116 valence electrons. The molecule has 0 saturated heterocycles. The molecule has 0 spiro atoms. The summed E-state index contributed by atoms with van der Waals surface area (Å²) in [4.78, 5) is 16.0. The van der Waals surface area contributed by atoms with E-state index in [0.29, 0.717) is 18.1 Å². The lowest BCUT2D eigenvalue weighted by Gasteiger charge is -2.11. The smallest absolute Gasteiger partial charge is 0.274 e. The molecule has 0 fully saturated rings. The number of para-hydroxylation sites is 1. The lowest BCUT2D eigenvalue weighted by Crippen LogP contribution is -2.37. The van der Waals surface area contributed by atoms with E-state index in [-0.39, 0.29) is 10.6 Å². The van der Waals surface area contributed by atoms with E-state index in [2.05, 4.69) is 27.1 Å². The standard InChI is InChI=1S/C15H18N4O2S/c1-16-15(17-9-8-13-6-4-10-22-13)18-11-12-5-2-3-7-14(12)19(20)21/h2-7,10H,8-9,11H2,1H3,(H2,16,17,18). The number of nitrogens with one attached hydrogen (secondary N) is 2. The summed E-state index contributed by atoms with van der Waals surface area (Å²) < 4.78 is 0. The van der Waals surface area contributed by atoms with Crippen molar-refractivity contribution in [1.82, 2.24) is 10.6 Å². The van der Waals surface area contributed by atoms with Crippen molar-refractivity contribution in [2.45, 2.75) is 13.0 Å². The second-order valence-electron chi connectivity index (χ2n) is 4.57. The average Bonchev–Trinajstić information content (AvgIpc) is 3.04. The Hall–Kier alpha value is -2.41. The van der Waals surface area contributed by atoms with Crippen LogP contribution < -0.4 is 10.6 Å². The number of nitrogens with zero attached hydrogens (tertiary/aromatic N) is 2. The molecule has 1 heterocycles. The Morgan fingerprint density at radius 1 is 1.27 bits per heavy atom. The molecule has 0 atom stereocenters. The van der Waals surface area contributed by atoms with Gasteiger partial charge in [0.1, 0.15) is 0 Å². The summed E-state index contributed by atoms with van der Waals surface area (Å²) in [7, 11) is 1.68. The first kappa shape index (κ1) is 16.0. The normalized spacial score (nSPS) is 11.2. The van der Waals surface area contributed by atoms with Crippen molar-refractivity contribution < 1.29 is 4.92 Å². The minimum atomic E-state index is -0.371. The number of aliphatic imine (C=N–C) groups is 1. The van der Waals surface area contributed by atoms with E-state index >= 15 is 0 Å². The maximum Gasteiger partial charge on any atom is 0.274 e. The number of guanidine groups is 1. The van der Waals surface area contributed by atoms with E-state index in [1.807, 2.05) is 6.07 Å². The zero-order valence-electron chi connectivity index (χ0n) is 12.3. The van der Waals surface area contributed by atoms with Gasteiger partial charge in [0.15, 0.2) is 5.96 Å². The average molecular weight is 318 g/mol. The van der Waals surface area contributed by atoms with Crippen LogP contribution in [0.25, 0.3) is 0 Å². The fourth-order valence-corrected chi connectivity index (χ4v) is 2.71. The van der Waals surface area contributed by atoms with Gasteiger partial charge < -0.3 is 10.6 Å². The summed E-state index contributed by atoms with van der Waals surface area (Å²) in [6.45, 7) is 1.12. The highest BCUT2D eigenvalue weighted by atomic mass is 32.1. The van der Waals surface area contributed by atoms with Gasteiger partial charge in [0, 0.05) is 36.6 Å². The fourth-order valence-electron chi connectivity index (χ4n) is 2.00. The van der Waals surface area contributed by atoms with Crippen molar-refractivity contribution in [2.24, 2.45) is 4.99 Å². The topological polar surface area (TPSA) is 79.6 Å². The molecule has 0 aliphatic carbocycles. The highest BCUT2D eigenvalue weighted by Crippen LogP contribution is 2.16. The fraction of sp³-hybridized carbons (Fsp3) is 0.267. The van der Waals surface area contributed by atoms with Crippen LogP contribution in [0.15, 0.2) is 46.8 Å². The Morgan fingerprint density at radius 2 is 2.09 bits per heavy atom. The predicted molar refractivity (Wildman–Crippen MR) is 89.3 cm³/mol. The molecular weight excluding hydrogens is 300 g/mol. The second kappa shape index (κ2) is 8.14. The van der Waals surface area contributed by atoms with E-state index in [1.165, 1.54) is 10.9 Å². The van der Waals surface area contributed by atoms with Crippen molar-refractivity contribution >= 4 is 23.0 Å². The van der Waals surface area contributed by atoms with E-state index in [0.717, 1.165) is 13.0 Å². The van der Waals surface area contributed by atoms with Crippen molar-refractivity contribution in [3.63, 3.8) is 0 Å². The summed E-state index contributed by atoms with van der Waals surface area (Å²) in [5, 5.41) is 19.3. The zero-order chi connectivity index (χ0) is 15.8. The van der Waals surface area contributed by atoms with Crippen LogP contribution >= 0.6 is 11.3 Å². The molecule has 2 N–H and O–H groups in total. The molecule has 22 heavy (non-hydrogen) atoms. The summed E-state index contributed by atoms with van der Waals surface area (Å²) in [6, 6.07) is 10.8. The molecule has 0 unspecified atom stereocenters. The lowest BCUT2D eigenvalue weighted by atomic mass is 10.2. The van der Waals surface area contributed by atoms with Gasteiger partial charge in [-0.3, -0.25) is 15.1 Å². The Bertz CT molecular complexity index is 641. The number of nitro benzene ring substituents is 1. The summed E-state index contributed by atoms with van der Waals surface area (Å²) in [6.07, 6.45) is 0.920. The van der Waals surface area contributed by atoms with Crippen LogP contribution in [0.5, 0.6) is 0 Å². The predicted octanol–water partition coefficient (Wildman–Crippen LogP) is 2.56. The number of hydrogen-bond donors (Lipinski definition) is 2. The molecule has 2 rings (SSSR count). The van der Waals surface area contributed by atoms with Gasteiger partial charge >= 0.3 is 0 Å². The third-order valence-electron chi connectivity index (χ3n) is 3.10. The van der Waals surface area contributed by atoms with Gasteiger partial charge in [-0.15, -0.1) is 11.3 Å². The Labute approximate surface area is 133 Å². The van der Waals surface area contributed by atoms with Gasteiger partial charge in [-0.1, -0.05) is 24.3 Å². The molecular formula is C15H18N4O2S. The first-order valence-corrected chi connectivity index (χ1v) is 7.78. The monoisotopic (exact) mass is 318 g/mol. The number of thiophene rings is 1. The summed E-state index contributed by atoms with van der Waals surface area (Å²) in [5.41, 5.74) is 0.748. The third kappa shape index (κ3) is 4.56. The number of nitro groups is 1. The zero-order valence-corrected chi connectivity index (χ0v) is 13.1. The van der Waals surface area contributed by atoms with Crippen LogP contribution in [0, 0.1) is 10.1 Å². The van der Waals surface area contributed by atoms with Crippen molar-refractivity contribution in [1.29, 1.82) is 0 Å². The van der Waals surface area contributed by atoms with Gasteiger partial charge in [0.05, 0.1) is 4.92 Å². The van der Waals surface area contributed by atoms with E-state index < -0.39 is 0 Å². The maximum absolute atomic E-state index is 11.0. The molecule has 7 heteroatoms. The first-order chi connectivity index (χ1) is 10.7. The van der Waals surface area contributed by atoms with Gasteiger partial charge in [0.2, 0.25) is 0 Å².